The van der Waals surface area contributed by atoms with Crippen LogP contribution in [0.5, 0.6) is 0 Å². The molecule has 0 bridgehead atoms. The van der Waals surface area contributed by atoms with E-state index in [1.54, 1.807) is 45.9 Å². The quantitative estimate of drug-likeness (QED) is 0.542. The Bertz CT molecular complexity index is 1050. The summed E-state index contributed by atoms with van der Waals surface area (Å²) in [4.78, 5) is 24.8. The van der Waals surface area contributed by atoms with E-state index in [2.05, 4.69) is 0 Å². The highest BCUT2D eigenvalue weighted by molar-refractivity contribution is 7.92. The van der Waals surface area contributed by atoms with Gasteiger partial charge in [-0.15, -0.1) is 0 Å². The summed E-state index contributed by atoms with van der Waals surface area (Å²) >= 11 is 0. The number of benzene rings is 1. The lowest BCUT2D eigenvalue weighted by Gasteiger charge is -2.18. The van der Waals surface area contributed by atoms with Crippen LogP contribution in [-0.4, -0.2) is 39.1 Å². The van der Waals surface area contributed by atoms with Gasteiger partial charge in [0.15, 0.2) is 12.4 Å². The molecule has 0 spiro atoms. The summed E-state index contributed by atoms with van der Waals surface area (Å²) in [6.07, 6.45) is 0.544. The van der Waals surface area contributed by atoms with Crippen molar-refractivity contribution in [2.24, 2.45) is 0 Å². The van der Waals surface area contributed by atoms with Crippen LogP contribution in [0.25, 0.3) is 0 Å². The number of hydrogen-bond donors (Lipinski definition) is 0. The van der Waals surface area contributed by atoms with E-state index in [0.717, 1.165) is 5.56 Å². The molecule has 7 nitrogen and oxygen atoms in total. The molecule has 1 aliphatic heterocycles. The SMILES string of the molecule is CCS(=O)(=O)N1CCc2cc(C(=O)COC(=O)c3c(C)oc(C)c3C)ccc21. The normalized spacial score (nSPS) is 13.5. The molecule has 150 valence electrons. The van der Waals surface area contributed by atoms with Crippen molar-refractivity contribution in [2.75, 3.05) is 23.2 Å². The van der Waals surface area contributed by atoms with Gasteiger partial charge >= 0.3 is 5.97 Å². The second-order valence-electron chi connectivity index (χ2n) is 6.78. The zero-order chi connectivity index (χ0) is 20.6. The minimum absolute atomic E-state index is 0.0232. The van der Waals surface area contributed by atoms with E-state index in [0.29, 0.717) is 46.9 Å². The average Bonchev–Trinajstić information content (AvgIpc) is 3.20. The summed E-state index contributed by atoms with van der Waals surface area (Å²) in [5.41, 5.74) is 2.84. The van der Waals surface area contributed by atoms with Crippen LogP contribution >= 0.6 is 0 Å². The van der Waals surface area contributed by atoms with Gasteiger partial charge in [-0.2, -0.15) is 0 Å². The lowest BCUT2D eigenvalue weighted by molar-refractivity contribution is 0.0472. The Morgan fingerprint density at radius 2 is 1.89 bits per heavy atom. The molecule has 1 aromatic carbocycles. The maximum absolute atomic E-state index is 12.5. The standard InChI is InChI=1S/C20H23NO6S/c1-5-28(24,25)21-9-8-15-10-16(6-7-17(15)21)18(22)11-26-20(23)19-12(2)13(3)27-14(19)4/h6-7,10H,5,8-9,11H2,1-4H3. The van der Waals surface area contributed by atoms with Gasteiger partial charge in [-0.05, 0) is 57.9 Å². The molecule has 0 saturated heterocycles. The number of anilines is 1. The van der Waals surface area contributed by atoms with Crippen LogP contribution in [0.4, 0.5) is 5.69 Å². The van der Waals surface area contributed by atoms with Crippen molar-refractivity contribution in [3.8, 4) is 0 Å². The van der Waals surface area contributed by atoms with E-state index in [1.165, 1.54) is 4.31 Å². The lowest BCUT2D eigenvalue weighted by Crippen LogP contribution is -2.30. The minimum Gasteiger partial charge on any atom is -0.465 e. The Morgan fingerprint density at radius 3 is 2.50 bits per heavy atom. The predicted octanol–water partition coefficient (Wildman–Crippen LogP) is 2.96. The zero-order valence-corrected chi connectivity index (χ0v) is 17.2. The van der Waals surface area contributed by atoms with Crippen molar-refractivity contribution in [1.82, 2.24) is 0 Å². The van der Waals surface area contributed by atoms with Crippen molar-refractivity contribution >= 4 is 27.5 Å². The lowest BCUT2D eigenvalue weighted by atomic mass is 10.1. The molecule has 0 aliphatic carbocycles. The summed E-state index contributed by atoms with van der Waals surface area (Å²) in [5, 5.41) is 0. The summed E-state index contributed by atoms with van der Waals surface area (Å²) in [5.74, 6) is 0.184. The van der Waals surface area contributed by atoms with Gasteiger partial charge in [-0.25, -0.2) is 13.2 Å². The van der Waals surface area contributed by atoms with E-state index >= 15 is 0 Å². The molecule has 0 radical (unpaired) electrons. The number of rotatable bonds is 6. The van der Waals surface area contributed by atoms with Crippen molar-refractivity contribution in [3.05, 3.63) is 52.0 Å². The molecule has 0 fully saturated rings. The molecule has 2 aromatic rings. The molecule has 8 heteroatoms. The third kappa shape index (κ3) is 3.56. The number of carbonyl (C=O) groups excluding carboxylic acids is 2. The van der Waals surface area contributed by atoms with Crippen molar-refractivity contribution in [3.63, 3.8) is 0 Å². The first kappa shape index (κ1) is 20.1. The number of carbonyl (C=O) groups is 2. The summed E-state index contributed by atoms with van der Waals surface area (Å²) in [7, 11) is -3.33. The number of sulfonamides is 1. The van der Waals surface area contributed by atoms with Crippen LogP contribution < -0.4 is 4.31 Å². The number of ether oxygens (including phenoxy) is 1. The maximum Gasteiger partial charge on any atom is 0.342 e. The average molecular weight is 405 g/mol. The highest BCUT2D eigenvalue weighted by atomic mass is 32.2. The molecule has 0 atom stereocenters. The monoisotopic (exact) mass is 405 g/mol. The third-order valence-corrected chi connectivity index (χ3v) is 6.84. The van der Waals surface area contributed by atoms with Crippen LogP contribution in [0, 0.1) is 20.8 Å². The first-order valence-corrected chi connectivity index (χ1v) is 10.7. The van der Waals surface area contributed by atoms with Crippen LogP contribution in [0.2, 0.25) is 0 Å². The van der Waals surface area contributed by atoms with Gasteiger partial charge in [0.2, 0.25) is 10.0 Å². The molecule has 28 heavy (non-hydrogen) atoms. The molecule has 0 amide bonds. The maximum atomic E-state index is 12.5. The Labute approximate surface area is 164 Å². The van der Waals surface area contributed by atoms with Crippen molar-refractivity contribution in [1.29, 1.82) is 0 Å². The second kappa shape index (κ2) is 7.43. The molecule has 3 rings (SSSR count). The number of furan rings is 1. The number of aryl methyl sites for hydroxylation is 2. The number of hydrogen-bond acceptors (Lipinski definition) is 6. The van der Waals surface area contributed by atoms with E-state index < -0.39 is 22.6 Å². The molecular formula is C20H23NO6S. The van der Waals surface area contributed by atoms with Crippen LogP contribution in [0.3, 0.4) is 0 Å². The van der Waals surface area contributed by atoms with Gasteiger partial charge in [-0.1, -0.05) is 0 Å². The van der Waals surface area contributed by atoms with Crippen molar-refractivity contribution < 1.29 is 27.2 Å². The van der Waals surface area contributed by atoms with Gasteiger partial charge in [0, 0.05) is 17.7 Å². The predicted molar refractivity (Wildman–Crippen MR) is 104 cm³/mol. The first-order chi connectivity index (χ1) is 13.2. The summed E-state index contributed by atoms with van der Waals surface area (Å²) in [6, 6.07) is 4.88. The van der Waals surface area contributed by atoms with Gasteiger partial charge in [0.25, 0.3) is 0 Å². The van der Waals surface area contributed by atoms with Crippen LogP contribution in [0.1, 0.15) is 50.3 Å². The fraction of sp³-hybridized carbons (Fsp3) is 0.400. The van der Waals surface area contributed by atoms with E-state index in [1.807, 2.05) is 0 Å². The molecule has 0 N–H and O–H groups in total. The molecular weight excluding hydrogens is 382 g/mol. The number of ketones is 1. The highest BCUT2D eigenvalue weighted by Gasteiger charge is 2.29. The Balaban J connectivity index is 1.72. The van der Waals surface area contributed by atoms with E-state index in [-0.39, 0.29) is 11.5 Å². The fourth-order valence-electron chi connectivity index (χ4n) is 3.37. The van der Waals surface area contributed by atoms with Crippen LogP contribution in [0.15, 0.2) is 22.6 Å². The zero-order valence-electron chi connectivity index (χ0n) is 16.4. The molecule has 1 aromatic heterocycles. The van der Waals surface area contributed by atoms with Gasteiger partial charge in [0.05, 0.1) is 11.4 Å². The smallest absolute Gasteiger partial charge is 0.342 e. The van der Waals surface area contributed by atoms with Gasteiger partial charge in [0.1, 0.15) is 17.1 Å². The summed E-state index contributed by atoms with van der Waals surface area (Å²) in [6.45, 7) is 6.78. The molecule has 1 aliphatic rings. The molecule has 0 saturated carbocycles. The third-order valence-electron chi connectivity index (χ3n) is 5.05. The topological polar surface area (TPSA) is 93.9 Å². The number of Topliss-reactive ketones (excluding diaryl/α,β-unsaturated/α-hetero) is 1. The molecule has 0 unspecified atom stereocenters. The largest absolute Gasteiger partial charge is 0.465 e. The number of nitrogens with zero attached hydrogens (tertiary/aromatic N) is 1. The van der Waals surface area contributed by atoms with Gasteiger partial charge < -0.3 is 9.15 Å². The Hall–Kier alpha value is -2.61. The van der Waals surface area contributed by atoms with E-state index in [4.69, 9.17) is 9.15 Å². The van der Waals surface area contributed by atoms with Crippen LogP contribution in [-0.2, 0) is 21.2 Å². The Kier molecular flexibility index (Phi) is 5.34. The summed E-state index contributed by atoms with van der Waals surface area (Å²) < 4.78 is 36.3. The Morgan fingerprint density at radius 1 is 1.18 bits per heavy atom. The number of fused-ring (bicyclic) bond motifs is 1. The second-order valence-corrected chi connectivity index (χ2v) is 8.96. The minimum atomic E-state index is -3.33. The molecule has 2 heterocycles. The van der Waals surface area contributed by atoms with E-state index in [9.17, 15) is 18.0 Å². The highest BCUT2D eigenvalue weighted by Crippen LogP contribution is 2.31. The number of esters is 1. The first-order valence-electron chi connectivity index (χ1n) is 9.06. The van der Waals surface area contributed by atoms with Crippen molar-refractivity contribution in [2.45, 2.75) is 34.1 Å². The fourth-order valence-corrected chi connectivity index (χ4v) is 4.53. The van der Waals surface area contributed by atoms with Gasteiger partial charge in [-0.3, -0.25) is 9.10 Å².